The molecule has 0 fully saturated rings. The lowest BCUT2D eigenvalue weighted by Gasteiger charge is -2.14. The van der Waals surface area contributed by atoms with E-state index in [4.69, 9.17) is 5.73 Å². The summed E-state index contributed by atoms with van der Waals surface area (Å²) in [4.78, 5) is 0. The van der Waals surface area contributed by atoms with E-state index in [9.17, 15) is 13.2 Å². The van der Waals surface area contributed by atoms with E-state index < -0.39 is 6.36 Å². The first-order valence-corrected chi connectivity index (χ1v) is 5.83. The van der Waals surface area contributed by atoms with Gasteiger partial charge in [-0.1, -0.05) is 18.2 Å². The fourth-order valence-corrected chi connectivity index (χ4v) is 1.78. The third kappa shape index (κ3) is 3.57. The van der Waals surface area contributed by atoms with Crippen LogP contribution >= 0.6 is 0 Å². The van der Waals surface area contributed by atoms with Gasteiger partial charge in [-0.2, -0.15) is 0 Å². The van der Waals surface area contributed by atoms with Gasteiger partial charge < -0.3 is 15.8 Å². The first-order valence-electron chi connectivity index (χ1n) is 5.83. The minimum Gasteiger partial charge on any atom is -0.406 e. The smallest absolute Gasteiger partial charge is 0.406 e. The monoisotopic (exact) mass is 282 g/mol. The topological polar surface area (TPSA) is 47.3 Å². The van der Waals surface area contributed by atoms with Crippen molar-refractivity contribution in [3.8, 4) is 5.75 Å². The molecule has 0 radical (unpaired) electrons. The highest BCUT2D eigenvalue weighted by molar-refractivity contribution is 5.75. The van der Waals surface area contributed by atoms with Gasteiger partial charge in [0.15, 0.2) is 0 Å². The number of hydrogen-bond acceptors (Lipinski definition) is 3. The summed E-state index contributed by atoms with van der Waals surface area (Å²) in [7, 11) is 0. The van der Waals surface area contributed by atoms with Crippen LogP contribution in [0.15, 0.2) is 42.5 Å². The first-order chi connectivity index (χ1) is 9.35. The van der Waals surface area contributed by atoms with Crippen LogP contribution in [-0.4, -0.2) is 6.36 Å². The molecule has 2 aromatic rings. The summed E-state index contributed by atoms with van der Waals surface area (Å²) in [6.07, 6.45) is -4.71. The van der Waals surface area contributed by atoms with Gasteiger partial charge in [0.1, 0.15) is 5.75 Å². The van der Waals surface area contributed by atoms with E-state index in [1.165, 1.54) is 18.2 Å². The number of para-hydroxylation sites is 1. The number of hydrogen-bond donors (Lipinski definition) is 2. The fourth-order valence-electron chi connectivity index (χ4n) is 1.78. The summed E-state index contributed by atoms with van der Waals surface area (Å²) in [6.45, 7) is 1.86. The van der Waals surface area contributed by atoms with Crippen molar-refractivity contribution in [2.45, 2.75) is 13.3 Å². The molecular weight excluding hydrogens is 269 g/mol. The van der Waals surface area contributed by atoms with Gasteiger partial charge >= 0.3 is 6.36 Å². The molecule has 0 saturated carbocycles. The number of aryl methyl sites for hydroxylation is 1. The van der Waals surface area contributed by atoms with Crippen molar-refractivity contribution in [2.24, 2.45) is 0 Å². The number of nitrogen functional groups attached to an aromatic ring is 1. The van der Waals surface area contributed by atoms with Crippen molar-refractivity contribution < 1.29 is 17.9 Å². The highest BCUT2D eigenvalue weighted by atomic mass is 19.4. The largest absolute Gasteiger partial charge is 0.573 e. The molecule has 106 valence electrons. The molecule has 0 atom stereocenters. The number of benzene rings is 2. The van der Waals surface area contributed by atoms with Crippen molar-refractivity contribution in [3.63, 3.8) is 0 Å². The Kier molecular flexibility index (Phi) is 3.74. The maximum atomic E-state index is 12.2. The van der Waals surface area contributed by atoms with Crippen molar-refractivity contribution >= 4 is 17.1 Å². The van der Waals surface area contributed by atoms with E-state index in [1.54, 1.807) is 18.2 Å². The zero-order valence-electron chi connectivity index (χ0n) is 10.7. The van der Waals surface area contributed by atoms with Gasteiger partial charge in [-0.15, -0.1) is 13.2 Å². The second-order valence-corrected chi connectivity index (χ2v) is 4.24. The molecule has 0 heterocycles. The second kappa shape index (κ2) is 5.32. The van der Waals surface area contributed by atoms with Gasteiger partial charge in [-0.3, -0.25) is 0 Å². The molecule has 0 spiro atoms. The van der Waals surface area contributed by atoms with Gasteiger partial charge in [0.05, 0.1) is 11.4 Å². The summed E-state index contributed by atoms with van der Waals surface area (Å²) in [6, 6.07) is 11.0. The lowest BCUT2D eigenvalue weighted by Crippen LogP contribution is -2.17. The summed E-state index contributed by atoms with van der Waals surface area (Å²) in [5.41, 5.74) is 8.38. The van der Waals surface area contributed by atoms with Crippen molar-refractivity contribution in [3.05, 3.63) is 48.0 Å². The summed E-state index contributed by atoms with van der Waals surface area (Å²) >= 11 is 0. The molecule has 0 unspecified atom stereocenters. The maximum Gasteiger partial charge on any atom is 0.573 e. The average Bonchev–Trinajstić information content (AvgIpc) is 2.32. The molecule has 0 aromatic heterocycles. The molecule has 20 heavy (non-hydrogen) atoms. The fraction of sp³-hybridized carbons (Fsp3) is 0.143. The quantitative estimate of drug-likeness (QED) is 0.829. The number of rotatable bonds is 3. The van der Waals surface area contributed by atoms with E-state index in [2.05, 4.69) is 10.1 Å². The molecule has 0 amide bonds. The molecule has 0 aliphatic heterocycles. The van der Waals surface area contributed by atoms with Crippen LogP contribution in [0.25, 0.3) is 0 Å². The summed E-state index contributed by atoms with van der Waals surface area (Å²) < 4.78 is 40.4. The number of nitrogens with two attached hydrogens (primary N) is 1. The predicted octanol–water partition coefficient (Wildman–Crippen LogP) is 4.22. The normalized spacial score (nSPS) is 11.2. The Balaban J connectivity index is 2.24. The zero-order valence-corrected chi connectivity index (χ0v) is 10.7. The number of ether oxygens (including phenoxy) is 1. The van der Waals surface area contributed by atoms with Gasteiger partial charge in [0.25, 0.3) is 0 Å². The summed E-state index contributed by atoms with van der Waals surface area (Å²) in [5, 5.41) is 2.99. The van der Waals surface area contributed by atoms with E-state index in [-0.39, 0.29) is 5.75 Å². The Morgan fingerprint density at radius 1 is 1.10 bits per heavy atom. The first kappa shape index (κ1) is 14.0. The van der Waals surface area contributed by atoms with Crippen LogP contribution in [0.5, 0.6) is 5.75 Å². The molecule has 0 saturated heterocycles. The predicted molar refractivity (Wildman–Crippen MR) is 72.0 cm³/mol. The number of anilines is 3. The van der Waals surface area contributed by atoms with Gasteiger partial charge in [-0.05, 0) is 30.7 Å². The van der Waals surface area contributed by atoms with E-state index in [0.29, 0.717) is 17.1 Å². The van der Waals surface area contributed by atoms with E-state index >= 15 is 0 Å². The van der Waals surface area contributed by atoms with Gasteiger partial charge in [0.2, 0.25) is 0 Å². The third-order valence-electron chi connectivity index (χ3n) is 2.64. The number of halogens is 3. The molecule has 0 aliphatic carbocycles. The van der Waals surface area contributed by atoms with Gasteiger partial charge in [0, 0.05) is 11.8 Å². The Labute approximate surface area is 114 Å². The highest BCUT2D eigenvalue weighted by Gasteiger charge is 2.31. The molecule has 0 aliphatic rings. The highest BCUT2D eigenvalue weighted by Crippen LogP contribution is 2.30. The van der Waals surface area contributed by atoms with E-state index in [0.717, 1.165) is 5.56 Å². The van der Waals surface area contributed by atoms with Crippen molar-refractivity contribution in [1.82, 2.24) is 0 Å². The molecule has 0 bridgehead atoms. The zero-order chi connectivity index (χ0) is 14.8. The SMILES string of the molecule is Cc1cccc(N)c1Nc1cccc(OC(F)(F)F)c1. The van der Waals surface area contributed by atoms with Crippen LogP contribution in [0.4, 0.5) is 30.2 Å². The Morgan fingerprint density at radius 2 is 1.80 bits per heavy atom. The Bertz CT molecular complexity index is 591. The Morgan fingerprint density at radius 3 is 2.45 bits per heavy atom. The van der Waals surface area contributed by atoms with Gasteiger partial charge in [-0.25, -0.2) is 0 Å². The molecule has 2 rings (SSSR count). The van der Waals surface area contributed by atoms with Crippen molar-refractivity contribution in [1.29, 1.82) is 0 Å². The van der Waals surface area contributed by atoms with Crippen LogP contribution in [0.2, 0.25) is 0 Å². The lowest BCUT2D eigenvalue weighted by atomic mass is 10.1. The van der Waals surface area contributed by atoms with E-state index in [1.807, 2.05) is 13.0 Å². The summed E-state index contributed by atoms with van der Waals surface area (Å²) in [5.74, 6) is -0.283. The van der Waals surface area contributed by atoms with Crippen molar-refractivity contribution in [2.75, 3.05) is 11.1 Å². The van der Waals surface area contributed by atoms with Crippen LogP contribution in [0.1, 0.15) is 5.56 Å². The van der Waals surface area contributed by atoms with Crippen LogP contribution in [-0.2, 0) is 0 Å². The number of nitrogens with one attached hydrogen (secondary N) is 1. The number of alkyl halides is 3. The molecule has 3 N–H and O–H groups in total. The van der Waals surface area contributed by atoms with Crippen LogP contribution < -0.4 is 15.8 Å². The second-order valence-electron chi connectivity index (χ2n) is 4.24. The molecule has 6 heteroatoms. The minimum absolute atomic E-state index is 0.283. The van der Waals surface area contributed by atoms with Crippen LogP contribution in [0, 0.1) is 6.92 Å². The average molecular weight is 282 g/mol. The molecular formula is C14H13F3N2O. The molecule has 3 nitrogen and oxygen atoms in total. The van der Waals surface area contributed by atoms with Crippen LogP contribution in [0.3, 0.4) is 0 Å². The Hall–Kier alpha value is -2.37. The molecule has 2 aromatic carbocycles. The standard InChI is InChI=1S/C14H13F3N2O/c1-9-4-2-7-12(18)13(9)19-10-5-3-6-11(8-10)20-14(15,16)17/h2-8,19H,18H2,1H3. The third-order valence-corrected chi connectivity index (χ3v) is 2.64. The maximum absolute atomic E-state index is 12.2. The minimum atomic E-state index is -4.71. The lowest BCUT2D eigenvalue weighted by molar-refractivity contribution is -0.274.